The Morgan fingerprint density at radius 1 is 1.16 bits per heavy atom. The van der Waals surface area contributed by atoms with Crippen molar-refractivity contribution in [3.05, 3.63) is 34.1 Å². The molecule has 1 heteroatoms. The Morgan fingerprint density at radius 3 is 2.53 bits per heavy atom. The lowest BCUT2D eigenvalue weighted by atomic mass is 9.55. The van der Waals surface area contributed by atoms with E-state index in [0.717, 1.165) is 13.0 Å². The van der Waals surface area contributed by atoms with Gasteiger partial charge in [0.1, 0.15) is 6.61 Å². The molecule has 3 rings (SSSR count). The Labute approximate surface area is 117 Å². The number of allylic oxidation sites excluding steroid dienone is 4. The van der Waals surface area contributed by atoms with Gasteiger partial charge in [-0.1, -0.05) is 40.2 Å². The van der Waals surface area contributed by atoms with Gasteiger partial charge < -0.3 is 4.74 Å². The maximum Gasteiger partial charge on any atom is 0.110 e. The van der Waals surface area contributed by atoms with E-state index in [4.69, 9.17) is 4.74 Å². The fourth-order valence-corrected chi connectivity index (χ4v) is 4.54. The molecule has 0 aromatic heterocycles. The lowest BCUT2D eigenvalue weighted by Crippen LogP contribution is -2.40. The van der Waals surface area contributed by atoms with Crippen molar-refractivity contribution in [3.8, 4) is 0 Å². The summed E-state index contributed by atoms with van der Waals surface area (Å²) in [6.07, 6.45) is 4.35. The molecule has 0 bridgehead atoms. The lowest BCUT2D eigenvalue weighted by Gasteiger charge is -2.49. The van der Waals surface area contributed by atoms with E-state index in [0.29, 0.717) is 11.3 Å². The van der Waals surface area contributed by atoms with Crippen LogP contribution in [0, 0.1) is 16.7 Å². The third-order valence-corrected chi connectivity index (χ3v) is 5.86. The topological polar surface area (TPSA) is 9.23 Å². The van der Waals surface area contributed by atoms with E-state index in [1.165, 1.54) is 23.1 Å². The van der Waals surface area contributed by atoms with E-state index in [2.05, 4.69) is 41.5 Å². The minimum atomic E-state index is 0.264. The monoisotopic (exact) mass is 258 g/mol. The minimum Gasteiger partial charge on any atom is -0.497 e. The number of ether oxygens (including phenoxy) is 1. The second-order valence-electron chi connectivity index (χ2n) is 7.85. The number of fused-ring (bicyclic) bond motifs is 1. The van der Waals surface area contributed by atoms with Crippen LogP contribution in [-0.4, -0.2) is 6.61 Å². The van der Waals surface area contributed by atoms with E-state index in [1.807, 2.05) is 6.26 Å². The third-order valence-electron chi connectivity index (χ3n) is 5.86. The van der Waals surface area contributed by atoms with E-state index in [9.17, 15) is 0 Å². The van der Waals surface area contributed by atoms with Gasteiger partial charge in [-0.3, -0.25) is 0 Å². The van der Waals surface area contributed by atoms with Crippen LogP contribution < -0.4 is 0 Å². The van der Waals surface area contributed by atoms with Crippen LogP contribution in [0.4, 0.5) is 0 Å². The summed E-state index contributed by atoms with van der Waals surface area (Å²) in [6.45, 7) is 15.2. The van der Waals surface area contributed by atoms with Crippen LogP contribution in [0.2, 0.25) is 0 Å². The van der Waals surface area contributed by atoms with Gasteiger partial charge in [0.25, 0.3) is 0 Å². The molecular weight excluding hydrogens is 232 g/mol. The smallest absolute Gasteiger partial charge is 0.110 e. The quantitative estimate of drug-likeness (QED) is 0.593. The van der Waals surface area contributed by atoms with Crippen molar-refractivity contribution in [1.82, 2.24) is 0 Å². The normalized spacial score (nSPS) is 31.7. The van der Waals surface area contributed by atoms with Crippen LogP contribution in [0.5, 0.6) is 0 Å². The van der Waals surface area contributed by atoms with Crippen molar-refractivity contribution >= 4 is 0 Å². The molecule has 0 N–H and O–H groups in total. The van der Waals surface area contributed by atoms with Crippen molar-refractivity contribution in [2.24, 2.45) is 16.7 Å². The molecular formula is C18H26O. The van der Waals surface area contributed by atoms with Gasteiger partial charge in [-0.25, -0.2) is 0 Å². The zero-order valence-electron chi connectivity index (χ0n) is 13.2. The lowest BCUT2D eigenvalue weighted by molar-refractivity contribution is 0.100. The van der Waals surface area contributed by atoms with Crippen molar-refractivity contribution in [1.29, 1.82) is 0 Å². The highest BCUT2D eigenvalue weighted by atomic mass is 16.5. The first-order valence-corrected chi connectivity index (χ1v) is 7.49. The van der Waals surface area contributed by atoms with Crippen molar-refractivity contribution in [2.45, 2.75) is 54.4 Å². The Hall–Kier alpha value is -0.980. The van der Waals surface area contributed by atoms with Crippen LogP contribution in [-0.2, 0) is 4.74 Å². The van der Waals surface area contributed by atoms with Crippen molar-refractivity contribution < 1.29 is 4.74 Å². The predicted octanol–water partition coefficient (Wildman–Crippen LogP) is 5.01. The maximum absolute atomic E-state index is 5.60. The molecule has 19 heavy (non-hydrogen) atoms. The number of hydrogen-bond donors (Lipinski definition) is 0. The maximum atomic E-state index is 5.60. The highest BCUT2D eigenvalue weighted by molar-refractivity contribution is 5.61. The van der Waals surface area contributed by atoms with Gasteiger partial charge in [-0.2, -0.15) is 0 Å². The van der Waals surface area contributed by atoms with Crippen LogP contribution in [0.25, 0.3) is 0 Å². The summed E-state index contributed by atoms with van der Waals surface area (Å²) in [5.41, 5.74) is 8.36. The molecule has 0 radical (unpaired) electrons. The highest BCUT2D eigenvalue weighted by Gasteiger charge is 2.49. The van der Waals surface area contributed by atoms with Crippen LogP contribution in [0.15, 0.2) is 34.1 Å². The molecule has 0 spiro atoms. The Balaban J connectivity index is 2.14. The standard InChI is InChI=1S/C18H26O/c1-11-9-19-10-14-7-13-8-17(3,4)12(2)18(5,6)16(13)15(11)14/h9,12H,7-8,10H2,1-6H3. The van der Waals surface area contributed by atoms with Gasteiger partial charge in [0.05, 0.1) is 6.26 Å². The first-order chi connectivity index (χ1) is 8.75. The molecule has 3 aliphatic rings. The average Bonchev–Trinajstić information content (AvgIpc) is 2.66. The first kappa shape index (κ1) is 13.0. The molecule has 0 fully saturated rings. The zero-order valence-corrected chi connectivity index (χ0v) is 13.2. The highest BCUT2D eigenvalue weighted by Crippen LogP contribution is 2.60. The SMILES string of the molecule is CC1=COCC2=C1C1=C(C2)CC(C)(C)C(C)C1(C)C. The molecule has 1 atom stereocenters. The first-order valence-electron chi connectivity index (χ1n) is 7.49. The summed E-state index contributed by atoms with van der Waals surface area (Å²) in [5.74, 6) is 0.696. The molecule has 2 aliphatic carbocycles. The fraction of sp³-hybridized carbons (Fsp3) is 0.667. The largest absolute Gasteiger partial charge is 0.497 e. The minimum absolute atomic E-state index is 0.264. The van der Waals surface area contributed by atoms with Crippen molar-refractivity contribution in [3.63, 3.8) is 0 Å². The second kappa shape index (κ2) is 3.77. The van der Waals surface area contributed by atoms with E-state index in [1.54, 1.807) is 11.1 Å². The van der Waals surface area contributed by atoms with Gasteiger partial charge >= 0.3 is 0 Å². The molecule has 0 saturated carbocycles. The summed E-state index contributed by atoms with van der Waals surface area (Å²) in [5, 5.41) is 0. The Bertz CT molecular complexity index is 526. The van der Waals surface area contributed by atoms with E-state index in [-0.39, 0.29) is 5.41 Å². The van der Waals surface area contributed by atoms with E-state index >= 15 is 0 Å². The zero-order chi connectivity index (χ0) is 14.0. The van der Waals surface area contributed by atoms with Crippen LogP contribution in [0.1, 0.15) is 54.4 Å². The average molecular weight is 258 g/mol. The fourth-order valence-electron chi connectivity index (χ4n) is 4.54. The van der Waals surface area contributed by atoms with Gasteiger partial charge in [0, 0.05) is 0 Å². The second-order valence-corrected chi connectivity index (χ2v) is 7.85. The predicted molar refractivity (Wildman–Crippen MR) is 79.7 cm³/mol. The van der Waals surface area contributed by atoms with E-state index < -0.39 is 0 Å². The molecule has 1 unspecified atom stereocenters. The van der Waals surface area contributed by atoms with Gasteiger partial charge in [-0.05, 0) is 58.8 Å². The third kappa shape index (κ3) is 1.67. The summed E-state index contributed by atoms with van der Waals surface area (Å²) in [7, 11) is 0. The summed E-state index contributed by atoms with van der Waals surface area (Å²) < 4.78 is 5.60. The molecule has 0 aromatic carbocycles. The molecule has 1 heterocycles. The van der Waals surface area contributed by atoms with Gasteiger partial charge in [0.2, 0.25) is 0 Å². The Morgan fingerprint density at radius 2 is 1.84 bits per heavy atom. The number of hydrogen-bond acceptors (Lipinski definition) is 1. The van der Waals surface area contributed by atoms with Crippen molar-refractivity contribution in [2.75, 3.05) is 6.61 Å². The van der Waals surface area contributed by atoms with Crippen LogP contribution >= 0.6 is 0 Å². The Kier molecular flexibility index (Phi) is 2.59. The summed E-state index contributed by atoms with van der Waals surface area (Å²) in [4.78, 5) is 0. The molecule has 1 aliphatic heterocycles. The molecule has 104 valence electrons. The van der Waals surface area contributed by atoms with Gasteiger partial charge in [-0.15, -0.1) is 0 Å². The molecule has 0 saturated heterocycles. The molecule has 1 nitrogen and oxygen atoms in total. The molecule has 0 amide bonds. The number of rotatable bonds is 0. The van der Waals surface area contributed by atoms with Crippen LogP contribution in [0.3, 0.4) is 0 Å². The summed E-state index contributed by atoms with van der Waals surface area (Å²) >= 11 is 0. The molecule has 0 aromatic rings. The van der Waals surface area contributed by atoms with Gasteiger partial charge in [0.15, 0.2) is 0 Å². The summed E-state index contributed by atoms with van der Waals surface area (Å²) in [6, 6.07) is 0.